The van der Waals surface area contributed by atoms with E-state index in [4.69, 9.17) is 0 Å². The van der Waals surface area contributed by atoms with Crippen LogP contribution >= 0.6 is 0 Å². The van der Waals surface area contributed by atoms with E-state index in [0.717, 1.165) is 16.8 Å². The lowest BCUT2D eigenvalue weighted by Gasteiger charge is -2.27. The van der Waals surface area contributed by atoms with Crippen LogP contribution in [0.4, 0.5) is 0 Å². The summed E-state index contributed by atoms with van der Waals surface area (Å²) in [5.74, 6) is 0. The highest BCUT2D eigenvalue weighted by atomic mass is 15.0. The van der Waals surface area contributed by atoms with Crippen molar-refractivity contribution >= 4 is 0 Å². The molecule has 2 N–H and O–H groups in total. The van der Waals surface area contributed by atoms with Crippen LogP contribution < -0.4 is 10.6 Å². The summed E-state index contributed by atoms with van der Waals surface area (Å²) in [6, 6.07) is 0. The van der Waals surface area contributed by atoms with Gasteiger partial charge in [0, 0.05) is 17.3 Å². The molecule has 2 nitrogen and oxygen atoms in total. The quantitative estimate of drug-likeness (QED) is 0.727. The van der Waals surface area contributed by atoms with Crippen molar-refractivity contribution in [3.63, 3.8) is 0 Å². The van der Waals surface area contributed by atoms with E-state index in [1.54, 1.807) is 0 Å². The Hall–Kier alpha value is -1.18. The standard InChI is InChI=1S/C15H28N2/c1-11(2)12(3)13(17-15(7,8)9)10-16-14(4,5)6/h10,16-17H,1,3H2,2,4-9H3/b13-10-. The Balaban J connectivity index is 4.99. The molecular weight excluding hydrogens is 208 g/mol. The maximum Gasteiger partial charge on any atom is 0.0573 e. The Bertz CT molecular complexity index is 322. The molecule has 0 heterocycles. The first-order chi connectivity index (χ1) is 7.42. The smallest absolute Gasteiger partial charge is 0.0573 e. The molecule has 0 unspecified atom stereocenters. The van der Waals surface area contributed by atoms with Crippen molar-refractivity contribution in [1.29, 1.82) is 0 Å². The Kier molecular flexibility index (Phi) is 5.06. The molecule has 0 aromatic rings. The third kappa shape index (κ3) is 7.67. The van der Waals surface area contributed by atoms with Gasteiger partial charge in [0.1, 0.15) is 0 Å². The third-order valence-corrected chi connectivity index (χ3v) is 2.00. The molecular formula is C15H28N2. The highest BCUT2D eigenvalue weighted by Gasteiger charge is 2.15. The maximum absolute atomic E-state index is 4.07. The van der Waals surface area contributed by atoms with E-state index < -0.39 is 0 Å². The molecule has 0 amide bonds. The second kappa shape index (κ2) is 5.44. The molecule has 17 heavy (non-hydrogen) atoms. The predicted octanol–water partition coefficient (Wildman–Crippen LogP) is 3.74. The van der Waals surface area contributed by atoms with E-state index in [1.807, 2.05) is 13.1 Å². The van der Waals surface area contributed by atoms with E-state index in [1.165, 1.54) is 0 Å². The number of hydrogen-bond donors (Lipinski definition) is 2. The van der Waals surface area contributed by atoms with Gasteiger partial charge in [0.15, 0.2) is 0 Å². The van der Waals surface area contributed by atoms with Gasteiger partial charge in [-0.2, -0.15) is 0 Å². The number of nitrogens with one attached hydrogen (secondary N) is 2. The monoisotopic (exact) mass is 236 g/mol. The van der Waals surface area contributed by atoms with Gasteiger partial charge >= 0.3 is 0 Å². The van der Waals surface area contributed by atoms with Crippen LogP contribution in [0, 0.1) is 0 Å². The zero-order chi connectivity index (χ0) is 13.9. The highest BCUT2D eigenvalue weighted by molar-refractivity contribution is 5.41. The van der Waals surface area contributed by atoms with Crippen molar-refractivity contribution in [2.75, 3.05) is 0 Å². The summed E-state index contributed by atoms with van der Waals surface area (Å²) in [7, 11) is 0. The van der Waals surface area contributed by atoms with E-state index in [-0.39, 0.29) is 11.1 Å². The minimum Gasteiger partial charge on any atom is -0.385 e. The van der Waals surface area contributed by atoms with Crippen molar-refractivity contribution in [2.45, 2.75) is 59.5 Å². The van der Waals surface area contributed by atoms with Crippen LogP contribution in [0.15, 0.2) is 36.2 Å². The molecule has 0 bridgehead atoms. The van der Waals surface area contributed by atoms with Crippen LogP contribution in [0.3, 0.4) is 0 Å². The van der Waals surface area contributed by atoms with E-state index in [9.17, 15) is 0 Å². The number of allylic oxidation sites excluding steroid dienone is 1. The Morgan fingerprint density at radius 1 is 0.941 bits per heavy atom. The average Bonchev–Trinajstić information content (AvgIpc) is 2.07. The average molecular weight is 236 g/mol. The topological polar surface area (TPSA) is 24.1 Å². The largest absolute Gasteiger partial charge is 0.385 e. The fourth-order valence-corrected chi connectivity index (χ4v) is 1.12. The first-order valence-corrected chi connectivity index (χ1v) is 6.03. The van der Waals surface area contributed by atoms with Gasteiger partial charge in [-0.05, 0) is 59.6 Å². The van der Waals surface area contributed by atoms with E-state index in [2.05, 4.69) is 65.3 Å². The lowest BCUT2D eigenvalue weighted by molar-refractivity contribution is 0.460. The van der Waals surface area contributed by atoms with Gasteiger partial charge in [-0.1, -0.05) is 13.2 Å². The van der Waals surface area contributed by atoms with Crippen LogP contribution in [0.25, 0.3) is 0 Å². The fourth-order valence-electron chi connectivity index (χ4n) is 1.12. The van der Waals surface area contributed by atoms with Crippen LogP contribution in [0.2, 0.25) is 0 Å². The molecule has 0 aromatic heterocycles. The molecule has 0 fully saturated rings. The van der Waals surface area contributed by atoms with Gasteiger partial charge in [-0.15, -0.1) is 0 Å². The molecule has 0 aliphatic heterocycles. The van der Waals surface area contributed by atoms with Crippen molar-refractivity contribution in [3.05, 3.63) is 36.2 Å². The molecule has 2 heteroatoms. The predicted molar refractivity (Wildman–Crippen MR) is 77.8 cm³/mol. The normalized spacial score (nSPS) is 13.2. The molecule has 0 aliphatic rings. The van der Waals surface area contributed by atoms with Crippen LogP contribution in [0.5, 0.6) is 0 Å². The summed E-state index contributed by atoms with van der Waals surface area (Å²) in [5, 5.41) is 6.80. The van der Waals surface area contributed by atoms with Gasteiger partial charge in [-0.3, -0.25) is 0 Å². The van der Waals surface area contributed by atoms with Gasteiger partial charge in [0.05, 0.1) is 5.70 Å². The Labute approximate surface area is 107 Å². The minimum atomic E-state index is 0.00376. The molecule has 0 radical (unpaired) electrons. The van der Waals surface area contributed by atoms with Gasteiger partial charge in [0.25, 0.3) is 0 Å². The second-order valence-corrected chi connectivity index (χ2v) is 6.59. The summed E-state index contributed by atoms with van der Waals surface area (Å²) in [4.78, 5) is 0. The molecule has 0 rings (SSSR count). The van der Waals surface area contributed by atoms with Crippen LogP contribution in [0.1, 0.15) is 48.5 Å². The first kappa shape index (κ1) is 15.8. The zero-order valence-electron chi connectivity index (χ0n) is 12.5. The van der Waals surface area contributed by atoms with Gasteiger partial charge in [-0.25, -0.2) is 0 Å². The zero-order valence-corrected chi connectivity index (χ0v) is 12.5. The van der Waals surface area contributed by atoms with E-state index in [0.29, 0.717) is 0 Å². The summed E-state index contributed by atoms with van der Waals surface area (Å²) >= 11 is 0. The molecule has 0 atom stereocenters. The fraction of sp³-hybridized carbons (Fsp3) is 0.600. The highest BCUT2D eigenvalue weighted by Crippen LogP contribution is 2.16. The molecule has 0 saturated heterocycles. The lowest BCUT2D eigenvalue weighted by atomic mass is 10.0. The third-order valence-electron chi connectivity index (χ3n) is 2.00. The van der Waals surface area contributed by atoms with Crippen molar-refractivity contribution < 1.29 is 0 Å². The molecule has 0 aromatic carbocycles. The second-order valence-electron chi connectivity index (χ2n) is 6.59. The Morgan fingerprint density at radius 3 is 1.71 bits per heavy atom. The number of hydrogen-bond acceptors (Lipinski definition) is 2. The first-order valence-electron chi connectivity index (χ1n) is 6.03. The molecule has 0 saturated carbocycles. The van der Waals surface area contributed by atoms with Gasteiger partial charge in [0.2, 0.25) is 0 Å². The summed E-state index contributed by atoms with van der Waals surface area (Å²) in [6.07, 6.45) is 1.99. The van der Waals surface area contributed by atoms with E-state index >= 15 is 0 Å². The van der Waals surface area contributed by atoms with Crippen LogP contribution in [-0.2, 0) is 0 Å². The number of rotatable bonds is 4. The van der Waals surface area contributed by atoms with Gasteiger partial charge < -0.3 is 10.6 Å². The van der Waals surface area contributed by atoms with Crippen molar-refractivity contribution in [3.8, 4) is 0 Å². The Morgan fingerprint density at radius 2 is 1.41 bits per heavy atom. The minimum absolute atomic E-state index is 0.00376. The molecule has 0 aliphatic carbocycles. The van der Waals surface area contributed by atoms with Crippen LogP contribution in [-0.4, -0.2) is 11.1 Å². The SMILES string of the molecule is C=C(C)C(=C)/C(=C/NC(C)(C)C)NC(C)(C)C. The summed E-state index contributed by atoms with van der Waals surface area (Å²) in [6.45, 7) is 22.7. The van der Waals surface area contributed by atoms with Crippen molar-refractivity contribution in [2.24, 2.45) is 0 Å². The maximum atomic E-state index is 4.07. The summed E-state index contributed by atoms with van der Waals surface area (Å²) < 4.78 is 0. The molecule has 98 valence electrons. The van der Waals surface area contributed by atoms with Crippen molar-refractivity contribution in [1.82, 2.24) is 10.6 Å². The summed E-state index contributed by atoms with van der Waals surface area (Å²) in [5.41, 5.74) is 2.96. The lowest BCUT2D eigenvalue weighted by Crippen LogP contribution is -2.38. The molecule has 0 spiro atoms.